The predicted octanol–water partition coefficient (Wildman–Crippen LogP) is 0.441. The number of hydrogen-bond acceptors (Lipinski definition) is 5. The van der Waals surface area contributed by atoms with Gasteiger partial charge in [-0.3, -0.25) is 18.8 Å². The Morgan fingerprint density at radius 3 is 2.22 bits per heavy atom. The van der Waals surface area contributed by atoms with Crippen LogP contribution in [0.1, 0.15) is 21.6 Å². The molecule has 2 aliphatic rings. The molecule has 41 heavy (non-hydrogen) atoms. The molecule has 2 aliphatic heterocycles. The molecule has 3 aromatic rings. The number of carboxylic acids is 1. The van der Waals surface area contributed by atoms with Gasteiger partial charge in [-0.2, -0.15) is 13.2 Å². The van der Waals surface area contributed by atoms with E-state index in [2.05, 4.69) is 10.3 Å². The standard InChI is InChI=1S/C23H22Cl2FN5O3.C2HF3O2/c24-17-9-19-21(32)28-12-15(31(19)20(17)25)7-13-1-2-18(26)16(8-13)23(34)30-5-3-29(4-6-30)22(33)14-10-27-11-14;3-2(4,5)1(6)7/h1-2,8-9,12,14,27H,3-7,10-11H2,(H,28,32);(H,6,7). The largest absolute Gasteiger partial charge is 0.542 e. The number of hydrogen-bond donors (Lipinski definition) is 2. The second kappa shape index (κ2) is 12.1. The van der Waals surface area contributed by atoms with E-state index < -0.39 is 23.9 Å². The number of carbonyl (C=O) groups excluding carboxylic acids is 3. The van der Waals surface area contributed by atoms with E-state index in [0.717, 1.165) is 13.1 Å². The van der Waals surface area contributed by atoms with Gasteiger partial charge in [-0.15, -0.1) is 0 Å². The van der Waals surface area contributed by atoms with Crippen molar-refractivity contribution in [2.24, 2.45) is 5.92 Å². The third-order valence-electron chi connectivity index (χ3n) is 6.80. The van der Waals surface area contributed by atoms with Gasteiger partial charge in [0.15, 0.2) is 0 Å². The fraction of sp³-hybridized carbons (Fsp3) is 0.360. The number of alkyl halides is 3. The third-order valence-corrected chi connectivity index (χ3v) is 7.55. The molecule has 2 fully saturated rings. The number of aromatic nitrogens is 2. The lowest BCUT2D eigenvalue weighted by atomic mass is 10.0. The smallest absolute Gasteiger partial charge is 0.430 e. The van der Waals surface area contributed by atoms with Crippen LogP contribution in [0.15, 0.2) is 35.3 Å². The predicted molar refractivity (Wildman–Crippen MR) is 136 cm³/mol. The minimum atomic E-state index is -5.19. The lowest BCUT2D eigenvalue weighted by molar-refractivity contribution is -0.717. The van der Waals surface area contributed by atoms with Crippen molar-refractivity contribution in [3.05, 3.63) is 73.6 Å². The summed E-state index contributed by atoms with van der Waals surface area (Å²) in [6.45, 7) is 3.26. The summed E-state index contributed by atoms with van der Waals surface area (Å²) < 4.78 is 47.7. The zero-order valence-corrected chi connectivity index (χ0v) is 22.7. The van der Waals surface area contributed by atoms with E-state index in [1.807, 2.05) is 0 Å². The van der Waals surface area contributed by atoms with Crippen molar-refractivity contribution in [3.8, 4) is 0 Å². The molecule has 0 spiro atoms. The highest BCUT2D eigenvalue weighted by atomic mass is 35.5. The molecule has 4 heterocycles. The molecule has 0 saturated carbocycles. The Kier molecular flexibility index (Phi) is 8.94. The first-order chi connectivity index (χ1) is 19.3. The van der Waals surface area contributed by atoms with E-state index in [1.165, 1.54) is 24.4 Å². The van der Waals surface area contributed by atoms with Gasteiger partial charge >= 0.3 is 6.18 Å². The maximum Gasteiger partial charge on any atom is 0.430 e. The number of halogens is 6. The Bertz CT molecular complexity index is 1550. The van der Waals surface area contributed by atoms with Crippen LogP contribution in [0, 0.1) is 11.7 Å². The molecule has 0 bridgehead atoms. The van der Waals surface area contributed by atoms with Crippen LogP contribution in [0.25, 0.3) is 5.52 Å². The number of amides is 2. The van der Waals surface area contributed by atoms with E-state index in [-0.39, 0.29) is 33.1 Å². The summed E-state index contributed by atoms with van der Waals surface area (Å²) in [4.78, 5) is 52.5. The fourth-order valence-electron chi connectivity index (χ4n) is 4.47. The van der Waals surface area contributed by atoms with Crippen LogP contribution in [0.4, 0.5) is 17.6 Å². The highest BCUT2D eigenvalue weighted by Gasteiger charge is 2.35. The molecule has 220 valence electrons. The first-order valence-corrected chi connectivity index (χ1v) is 13.1. The van der Waals surface area contributed by atoms with Crippen molar-refractivity contribution < 1.29 is 42.4 Å². The first kappa shape index (κ1) is 30.3. The second-order valence-corrected chi connectivity index (χ2v) is 10.2. The molecular weight excluding hydrogens is 597 g/mol. The van der Waals surface area contributed by atoms with Crippen molar-refractivity contribution in [3.63, 3.8) is 0 Å². The van der Waals surface area contributed by atoms with Crippen molar-refractivity contribution in [1.82, 2.24) is 19.2 Å². The summed E-state index contributed by atoms with van der Waals surface area (Å²) in [6, 6.07) is 5.87. The van der Waals surface area contributed by atoms with Crippen molar-refractivity contribution in [2.75, 3.05) is 39.3 Å². The van der Waals surface area contributed by atoms with Crippen LogP contribution < -0.4 is 16.0 Å². The number of nitrogens with one attached hydrogen (secondary N) is 1. The van der Waals surface area contributed by atoms with Gasteiger partial charge in [0.1, 0.15) is 28.4 Å². The molecule has 16 heteroatoms. The number of rotatable bonds is 4. The monoisotopic (exact) mass is 619 g/mol. The Hall–Kier alpha value is -3.62. The normalized spacial score (nSPS) is 15.8. The average Bonchev–Trinajstić information content (AvgIpc) is 3.20. The SMILES string of the molecule is O=C([O-])C(F)(F)F.O=C(c1cc(Cc2c[nH]c(=O)c3cc(Cl)c(Cl)n23)ccc1F)N1CCN(C(=O)C2C[NH2+]C2)CC1. The van der Waals surface area contributed by atoms with Gasteiger partial charge in [0.25, 0.3) is 11.5 Å². The zero-order valence-electron chi connectivity index (χ0n) is 21.1. The molecule has 2 amide bonds. The molecule has 0 radical (unpaired) electrons. The van der Waals surface area contributed by atoms with Gasteiger partial charge in [0.05, 0.1) is 23.7 Å². The minimum absolute atomic E-state index is 0.0248. The Labute approximate surface area is 239 Å². The molecule has 5 rings (SSSR count). The van der Waals surface area contributed by atoms with Crippen LogP contribution >= 0.6 is 23.2 Å². The van der Waals surface area contributed by atoms with Crippen molar-refractivity contribution in [2.45, 2.75) is 12.6 Å². The lowest BCUT2D eigenvalue weighted by Gasteiger charge is -2.37. The van der Waals surface area contributed by atoms with Gasteiger partial charge < -0.3 is 30.0 Å². The van der Waals surface area contributed by atoms with Crippen molar-refractivity contribution in [1.29, 1.82) is 0 Å². The van der Waals surface area contributed by atoms with Crippen LogP contribution in [-0.2, 0) is 16.0 Å². The quantitative estimate of drug-likeness (QED) is 0.409. The number of carboxylic acid groups (broad SMARTS) is 1. The highest BCUT2D eigenvalue weighted by Crippen LogP contribution is 2.27. The van der Waals surface area contributed by atoms with Crippen LogP contribution in [0.2, 0.25) is 10.2 Å². The Balaban J connectivity index is 0.000000493. The van der Waals surface area contributed by atoms with E-state index in [9.17, 15) is 31.9 Å². The summed E-state index contributed by atoms with van der Waals surface area (Å²) >= 11 is 12.4. The topological polar surface area (TPSA) is 135 Å². The van der Waals surface area contributed by atoms with Crippen LogP contribution in [0.3, 0.4) is 0 Å². The minimum Gasteiger partial charge on any atom is -0.542 e. The summed E-state index contributed by atoms with van der Waals surface area (Å²) in [6.07, 6.45) is -3.38. The number of aromatic amines is 1. The van der Waals surface area contributed by atoms with E-state index >= 15 is 0 Å². The number of benzene rings is 1. The van der Waals surface area contributed by atoms with Crippen LogP contribution in [-0.4, -0.2) is 82.4 Å². The lowest BCUT2D eigenvalue weighted by Crippen LogP contribution is -2.97. The molecule has 1 aromatic carbocycles. The summed E-state index contributed by atoms with van der Waals surface area (Å²) in [5.41, 5.74) is 1.26. The van der Waals surface area contributed by atoms with Crippen LogP contribution in [0.5, 0.6) is 0 Å². The second-order valence-electron chi connectivity index (χ2n) is 9.46. The number of H-pyrrole nitrogens is 1. The number of aliphatic carboxylic acids is 1. The number of nitrogens with two attached hydrogens (primary N) is 1. The number of fused-ring (bicyclic) bond motifs is 1. The van der Waals surface area contributed by atoms with E-state index in [0.29, 0.717) is 49.4 Å². The van der Waals surface area contributed by atoms with Gasteiger partial charge in [0, 0.05) is 44.5 Å². The van der Waals surface area contributed by atoms with Gasteiger partial charge in [-0.25, -0.2) is 4.39 Å². The summed E-state index contributed by atoms with van der Waals surface area (Å²) in [5, 5.41) is 11.3. The summed E-state index contributed by atoms with van der Waals surface area (Å²) in [5.74, 6) is -3.81. The van der Waals surface area contributed by atoms with Gasteiger partial charge in [0.2, 0.25) is 5.91 Å². The zero-order chi connectivity index (χ0) is 30.1. The number of quaternary nitrogens is 1. The van der Waals surface area contributed by atoms with Gasteiger partial charge in [-0.1, -0.05) is 29.3 Å². The van der Waals surface area contributed by atoms with E-state index in [1.54, 1.807) is 20.3 Å². The third kappa shape index (κ3) is 6.66. The van der Waals surface area contributed by atoms with Gasteiger partial charge in [-0.05, 0) is 23.8 Å². The number of carbonyl (C=O) groups is 3. The van der Waals surface area contributed by atoms with Crippen molar-refractivity contribution >= 4 is 46.5 Å². The molecule has 10 nitrogen and oxygen atoms in total. The highest BCUT2D eigenvalue weighted by molar-refractivity contribution is 6.42. The summed E-state index contributed by atoms with van der Waals surface area (Å²) in [7, 11) is 0. The average molecular weight is 620 g/mol. The number of piperazine rings is 1. The maximum absolute atomic E-state index is 14.6. The maximum atomic E-state index is 14.6. The molecule has 2 saturated heterocycles. The molecule has 0 atom stereocenters. The first-order valence-electron chi connectivity index (χ1n) is 12.3. The molecule has 0 aliphatic carbocycles. The molecule has 3 N–H and O–H groups in total. The molecule has 0 unspecified atom stereocenters. The Morgan fingerprint density at radius 1 is 1.05 bits per heavy atom. The Morgan fingerprint density at radius 2 is 1.66 bits per heavy atom. The molecular formula is C25H23Cl2F4N5O5. The van der Waals surface area contributed by atoms with E-state index in [4.69, 9.17) is 33.1 Å². The fourth-order valence-corrected chi connectivity index (χ4v) is 4.91. The number of nitrogens with zero attached hydrogens (tertiary/aromatic N) is 3. The molecule has 2 aromatic heterocycles.